The Morgan fingerprint density at radius 1 is 1.50 bits per heavy atom. The third kappa shape index (κ3) is 4.47. The molecule has 1 atom stereocenters. The Kier molecular flexibility index (Phi) is 5.71. The molecule has 8 nitrogen and oxygen atoms in total. The van der Waals surface area contributed by atoms with Crippen molar-refractivity contribution >= 4 is 28.3 Å². The number of carbonyl (C=O) groups is 1. The number of amidine groups is 1. The maximum atomic E-state index is 11.7. The van der Waals surface area contributed by atoms with Gasteiger partial charge in [0.25, 0.3) is 0 Å². The van der Waals surface area contributed by atoms with Crippen LogP contribution in [0.3, 0.4) is 0 Å². The van der Waals surface area contributed by atoms with E-state index in [1.165, 1.54) is 0 Å². The van der Waals surface area contributed by atoms with E-state index in [4.69, 9.17) is 10.5 Å². The van der Waals surface area contributed by atoms with Crippen LogP contribution in [0.4, 0.5) is 5.69 Å². The van der Waals surface area contributed by atoms with Crippen LogP contribution < -0.4 is 15.2 Å². The van der Waals surface area contributed by atoms with Gasteiger partial charge in [-0.1, -0.05) is 13.0 Å². The first-order valence-corrected chi connectivity index (χ1v) is 10.3. The lowest BCUT2D eigenvalue weighted by Crippen LogP contribution is -2.40. The maximum Gasteiger partial charge on any atom is 0.158 e. The van der Waals surface area contributed by atoms with E-state index in [9.17, 15) is 13.9 Å². The van der Waals surface area contributed by atoms with E-state index < -0.39 is 11.0 Å². The van der Waals surface area contributed by atoms with Gasteiger partial charge >= 0.3 is 0 Å². The highest BCUT2D eigenvalue weighted by molar-refractivity contribution is 8.24. The normalized spacial score (nSPS) is 23.3. The molecule has 5 N–H and O–H groups in total. The highest BCUT2D eigenvalue weighted by atomic mass is 32.3. The summed E-state index contributed by atoms with van der Waals surface area (Å²) >= 11 is 0. The zero-order chi connectivity index (χ0) is 18.7. The molecule has 0 aliphatic carbocycles. The smallest absolute Gasteiger partial charge is 0.158 e. The van der Waals surface area contributed by atoms with E-state index in [1.807, 2.05) is 6.92 Å². The number of anilines is 1. The zero-order valence-electron chi connectivity index (χ0n) is 14.9. The standard InChI is InChI=1S/C17H26N4O4S/c1-2-13(22)10-21-8-4-5-12(9-21)11-25-15-7-3-6-14-16(15)17(18)20-26(23,24)19-14/h3,6-7,12,19,23-24H,2,4-5,8-11H2,1H3,(H2,18,20). The summed E-state index contributed by atoms with van der Waals surface area (Å²) in [4.78, 5) is 13.9. The molecule has 1 aromatic carbocycles. The minimum absolute atomic E-state index is 0.0492. The highest BCUT2D eigenvalue weighted by Crippen LogP contribution is 2.46. The van der Waals surface area contributed by atoms with Gasteiger partial charge in [0.2, 0.25) is 0 Å². The average molecular weight is 382 g/mol. The number of nitrogens with one attached hydrogen (secondary N) is 1. The molecule has 2 aliphatic rings. The Morgan fingerprint density at radius 2 is 2.31 bits per heavy atom. The average Bonchev–Trinajstić information content (AvgIpc) is 2.58. The Morgan fingerprint density at radius 3 is 3.08 bits per heavy atom. The van der Waals surface area contributed by atoms with Gasteiger partial charge in [0.05, 0.1) is 24.4 Å². The number of benzene rings is 1. The second-order valence-electron chi connectivity index (χ2n) is 6.72. The van der Waals surface area contributed by atoms with E-state index in [-0.39, 0.29) is 11.6 Å². The summed E-state index contributed by atoms with van der Waals surface area (Å²) in [6.45, 7) is 4.69. The fourth-order valence-corrected chi connectivity index (χ4v) is 4.23. The minimum Gasteiger partial charge on any atom is -0.492 e. The van der Waals surface area contributed by atoms with Gasteiger partial charge in [-0.2, -0.15) is 0 Å². The van der Waals surface area contributed by atoms with Gasteiger partial charge < -0.3 is 10.5 Å². The van der Waals surface area contributed by atoms with Crippen molar-refractivity contribution in [3.05, 3.63) is 23.8 Å². The van der Waals surface area contributed by atoms with Crippen LogP contribution in [-0.4, -0.2) is 51.9 Å². The van der Waals surface area contributed by atoms with Crippen LogP contribution in [0.5, 0.6) is 5.75 Å². The number of likely N-dealkylation sites (tertiary alicyclic amines) is 1. The van der Waals surface area contributed by atoms with Crippen molar-refractivity contribution in [2.45, 2.75) is 26.2 Å². The van der Waals surface area contributed by atoms with Crippen LogP contribution in [0.15, 0.2) is 22.6 Å². The van der Waals surface area contributed by atoms with Crippen LogP contribution >= 0.6 is 11.0 Å². The van der Waals surface area contributed by atoms with Crippen molar-refractivity contribution in [3.8, 4) is 5.75 Å². The first-order chi connectivity index (χ1) is 12.4. The van der Waals surface area contributed by atoms with Gasteiger partial charge in [0, 0.05) is 18.9 Å². The molecule has 9 heteroatoms. The lowest BCUT2D eigenvalue weighted by molar-refractivity contribution is -0.120. The van der Waals surface area contributed by atoms with Crippen LogP contribution in [-0.2, 0) is 4.79 Å². The number of ether oxygens (including phenoxy) is 1. The summed E-state index contributed by atoms with van der Waals surface area (Å²) < 4.78 is 31.7. The number of fused-ring (bicyclic) bond motifs is 1. The van der Waals surface area contributed by atoms with Crippen molar-refractivity contribution < 1.29 is 18.6 Å². The number of rotatable bonds is 6. The van der Waals surface area contributed by atoms with E-state index in [0.29, 0.717) is 42.5 Å². The Hall–Kier alpha value is -1.81. The van der Waals surface area contributed by atoms with Crippen LogP contribution in [0.1, 0.15) is 31.7 Å². The molecule has 26 heavy (non-hydrogen) atoms. The number of ketones is 1. The van der Waals surface area contributed by atoms with Crippen LogP contribution in [0.25, 0.3) is 0 Å². The van der Waals surface area contributed by atoms with Crippen LogP contribution in [0, 0.1) is 5.92 Å². The second-order valence-corrected chi connectivity index (χ2v) is 8.15. The molecule has 0 bridgehead atoms. The number of hydrogen-bond donors (Lipinski definition) is 4. The summed E-state index contributed by atoms with van der Waals surface area (Å²) in [7, 11) is -3.30. The number of piperidine rings is 1. The summed E-state index contributed by atoms with van der Waals surface area (Å²) in [5, 5.41) is 0. The van der Waals surface area contributed by atoms with Gasteiger partial charge in [-0.3, -0.25) is 23.5 Å². The molecular weight excluding hydrogens is 356 g/mol. The Labute approximate surface area is 155 Å². The molecule has 1 aromatic rings. The van der Waals surface area contributed by atoms with Crippen molar-refractivity contribution in [1.29, 1.82) is 0 Å². The van der Waals surface area contributed by atoms with Gasteiger partial charge in [-0.15, -0.1) is 4.40 Å². The molecule has 0 spiro atoms. The molecule has 1 saturated heterocycles. The fourth-order valence-electron chi connectivity index (χ4n) is 3.35. The zero-order valence-corrected chi connectivity index (χ0v) is 15.7. The van der Waals surface area contributed by atoms with Gasteiger partial charge in [-0.05, 0) is 42.5 Å². The topological polar surface area (TPSA) is 120 Å². The molecule has 1 fully saturated rings. The lowest BCUT2D eigenvalue weighted by Gasteiger charge is -2.34. The monoisotopic (exact) mass is 382 g/mol. The molecule has 0 saturated carbocycles. The highest BCUT2D eigenvalue weighted by Gasteiger charge is 2.26. The van der Waals surface area contributed by atoms with Crippen molar-refractivity contribution in [3.63, 3.8) is 0 Å². The molecular formula is C17H26N4O4S. The minimum atomic E-state index is -3.30. The van der Waals surface area contributed by atoms with Gasteiger partial charge in [0.15, 0.2) is 5.84 Å². The van der Waals surface area contributed by atoms with Crippen LogP contribution in [0.2, 0.25) is 0 Å². The first-order valence-electron chi connectivity index (χ1n) is 8.79. The van der Waals surface area contributed by atoms with Gasteiger partial charge in [0.1, 0.15) is 11.5 Å². The number of Topliss-reactive ketones (excluding diaryl/α,β-unsaturated/α-hetero) is 1. The summed E-state index contributed by atoms with van der Waals surface area (Å²) in [5.74, 6) is 1.21. The van der Waals surface area contributed by atoms with Gasteiger partial charge in [-0.25, -0.2) is 0 Å². The first kappa shape index (κ1) is 19.0. The molecule has 1 unspecified atom stereocenters. The summed E-state index contributed by atoms with van der Waals surface area (Å²) in [6, 6.07) is 5.26. The maximum absolute atomic E-state index is 11.7. The Balaban J connectivity index is 1.65. The van der Waals surface area contributed by atoms with Crippen molar-refractivity contribution in [1.82, 2.24) is 4.90 Å². The van der Waals surface area contributed by atoms with E-state index in [1.54, 1.807) is 18.2 Å². The summed E-state index contributed by atoms with van der Waals surface area (Å²) in [5.41, 5.74) is 6.95. The number of hydrogen-bond acceptors (Lipinski definition) is 8. The van der Waals surface area contributed by atoms with Crippen molar-refractivity contribution in [2.24, 2.45) is 16.0 Å². The SMILES string of the molecule is CCC(=O)CN1CCCC(COc2cccc3c2C(N)=NS(O)(O)N3)C1. The molecule has 144 valence electrons. The van der Waals surface area contributed by atoms with E-state index >= 15 is 0 Å². The van der Waals surface area contributed by atoms with Crippen molar-refractivity contribution in [2.75, 3.05) is 31.0 Å². The number of nitrogens with two attached hydrogens (primary N) is 1. The number of carbonyl (C=O) groups excluding carboxylic acids is 1. The lowest BCUT2D eigenvalue weighted by atomic mass is 9.98. The molecule has 2 aliphatic heterocycles. The summed E-state index contributed by atoms with van der Waals surface area (Å²) in [6.07, 6.45) is 2.66. The molecule has 0 radical (unpaired) electrons. The predicted molar refractivity (Wildman–Crippen MR) is 104 cm³/mol. The molecule has 0 amide bonds. The second kappa shape index (κ2) is 7.83. The fraction of sp³-hybridized carbons (Fsp3) is 0.529. The quantitative estimate of drug-likeness (QED) is 0.596. The number of nitrogens with zero attached hydrogens (tertiary/aromatic N) is 2. The third-order valence-corrected chi connectivity index (χ3v) is 5.57. The molecule has 2 heterocycles. The largest absolute Gasteiger partial charge is 0.492 e. The molecule has 3 rings (SSSR count). The Bertz CT molecular complexity index is 710. The third-order valence-electron chi connectivity index (χ3n) is 4.63. The van der Waals surface area contributed by atoms with E-state index in [2.05, 4.69) is 14.0 Å². The predicted octanol–water partition coefficient (Wildman–Crippen LogP) is 2.47. The van der Waals surface area contributed by atoms with E-state index in [0.717, 1.165) is 25.9 Å². The molecule has 0 aromatic heterocycles.